The molecule has 0 aromatic heterocycles. The minimum atomic E-state index is -0.201. The molecule has 8 heteroatoms. The van der Waals surface area contributed by atoms with Gasteiger partial charge in [0.15, 0.2) is 0 Å². The average molecular weight is 531 g/mol. The molecule has 0 unspecified atom stereocenters. The summed E-state index contributed by atoms with van der Waals surface area (Å²) >= 11 is 14.2. The van der Waals surface area contributed by atoms with E-state index in [9.17, 15) is 0 Å². The zero-order valence-corrected chi connectivity index (χ0v) is 21.9. The Morgan fingerprint density at radius 1 is 0.474 bits per heavy atom. The molecule has 5 aromatic carbocycles. The van der Waals surface area contributed by atoms with Crippen molar-refractivity contribution in [1.82, 2.24) is 0 Å². The van der Waals surface area contributed by atoms with Gasteiger partial charge in [-0.15, -0.1) is 0 Å². The summed E-state index contributed by atoms with van der Waals surface area (Å²) in [5.74, 6) is 0. The summed E-state index contributed by atoms with van der Waals surface area (Å²) < 4.78 is 0. The maximum atomic E-state index is 7.09. The molecule has 0 radical (unpaired) electrons. The fourth-order valence-electron chi connectivity index (χ4n) is 5.50. The van der Waals surface area contributed by atoms with E-state index in [0.717, 1.165) is 45.0 Å². The summed E-state index contributed by atoms with van der Waals surface area (Å²) in [5.41, 5.74) is 8.31. The number of halogens is 2. The van der Waals surface area contributed by atoms with Crippen molar-refractivity contribution in [1.29, 1.82) is 0 Å². The number of nitrogens with zero attached hydrogens (tertiary/aromatic N) is 2. The number of fused-ring (bicyclic) bond motifs is 2. The normalized spacial score (nSPS) is 13.7. The third-order valence-corrected chi connectivity index (χ3v) is 7.86. The molecule has 0 amide bonds. The van der Waals surface area contributed by atoms with Crippen LogP contribution in [-0.4, -0.2) is 14.0 Å². The molecule has 0 atom stereocenters. The molecule has 0 spiro atoms. The number of benzene rings is 5. The summed E-state index contributed by atoms with van der Waals surface area (Å²) in [4.78, 5) is 4.54. The third kappa shape index (κ3) is 3.80. The topological polar surface area (TPSA) is 30.5 Å². The molecular weight excluding hydrogens is 509 g/mol. The van der Waals surface area contributed by atoms with Gasteiger partial charge < -0.3 is 20.1 Å². The second kappa shape index (κ2) is 9.39. The Morgan fingerprint density at radius 2 is 0.842 bits per heavy atom. The molecule has 0 saturated heterocycles. The lowest BCUT2D eigenvalue weighted by Crippen LogP contribution is -2.52. The standard InChI is InChI=1S/C30H22B2Cl2N4/c33-25-20-24(32-36-28-16-8-10-18-30(28)38(32)22-13-5-2-6-14-22)26(34)19-23(25)31-35-27-15-7-9-17-29(27)37(31)21-11-3-1-4-12-21/h1-20,35-36H. The first-order valence-corrected chi connectivity index (χ1v) is 13.3. The Labute approximate surface area is 233 Å². The van der Waals surface area contributed by atoms with E-state index in [0.29, 0.717) is 10.0 Å². The highest BCUT2D eigenvalue weighted by Gasteiger charge is 2.41. The maximum absolute atomic E-state index is 7.09. The molecule has 2 heterocycles. The van der Waals surface area contributed by atoms with Gasteiger partial charge in [-0.3, -0.25) is 0 Å². The van der Waals surface area contributed by atoms with Crippen molar-refractivity contribution in [2.45, 2.75) is 0 Å². The molecule has 0 bridgehead atoms. The monoisotopic (exact) mass is 530 g/mol. The van der Waals surface area contributed by atoms with Crippen molar-refractivity contribution in [3.8, 4) is 0 Å². The zero-order chi connectivity index (χ0) is 25.6. The maximum Gasteiger partial charge on any atom is 0.415 e. The SMILES string of the molecule is Clc1cc(B2Nc3ccccc3N2c2ccccc2)c(Cl)cc1B1Nc2ccccc2N1c1ccccc1. The van der Waals surface area contributed by atoms with Crippen LogP contribution >= 0.6 is 23.2 Å². The van der Waals surface area contributed by atoms with E-state index in [1.807, 2.05) is 60.7 Å². The second-order valence-corrected chi connectivity index (χ2v) is 10.2. The van der Waals surface area contributed by atoms with Crippen LogP contribution in [0.15, 0.2) is 121 Å². The third-order valence-electron chi connectivity index (χ3n) is 7.20. The van der Waals surface area contributed by atoms with Gasteiger partial charge >= 0.3 is 14.0 Å². The molecule has 0 aliphatic carbocycles. The molecule has 182 valence electrons. The van der Waals surface area contributed by atoms with Crippen LogP contribution < -0.4 is 31.0 Å². The van der Waals surface area contributed by atoms with Crippen LogP contribution in [0.1, 0.15) is 0 Å². The highest BCUT2D eigenvalue weighted by atomic mass is 35.5. The van der Waals surface area contributed by atoms with E-state index in [2.05, 4.69) is 80.7 Å². The molecule has 2 aliphatic rings. The van der Waals surface area contributed by atoms with E-state index in [-0.39, 0.29) is 14.0 Å². The van der Waals surface area contributed by atoms with Crippen molar-refractivity contribution < 1.29 is 0 Å². The van der Waals surface area contributed by atoms with Crippen molar-refractivity contribution in [2.75, 3.05) is 20.1 Å². The van der Waals surface area contributed by atoms with Gasteiger partial charge in [-0.25, -0.2) is 0 Å². The fraction of sp³-hybridized carbons (Fsp3) is 0. The highest BCUT2D eigenvalue weighted by Crippen LogP contribution is 2.40. The first kappa shape index (κ1) is 23.2. The summed E-state index contributed by atoms with van der Waals surface area (Å²) in [5, 5.41) is 8.63. The van der Waals surface area contributed by atoms with Gasteiger partial charge in [0.25, 0.3) is 0 Å². The number of anilines is 6. The molecule has 0 fully saturated rings. The first-order chi connectivity index (χ1) is 18.7. The summed E-state index contributed by atoms with van der Waals surface area (Å²) in [6.07, 6.45) is 0. The van der Waals surface area contributed by atoms with Crippen molar-refractivity contribution in [2.24, 2.45) is 0 Å². The number of hydrogen-bond donors (Lipinski definition) is 2. The summed E-state index contributed by atoms with van der Waals surface area (Å²) in [7, 11) is 0. The quantitative estimate of drug-likeness (QED) is 0.247. The van der Waals surface area contributed by atoms with Crippen LogP contribution in [0, 0.1) is 0 Å². The summed E-state index contributed by atoms with van der Waals surface area (Å²) in [6.45, 7) is -0.402. The van der Waals surface area contributed by atoms with Crippen LogP contribution in [0.25, 0.3) is 0 Å². The number of rotatable bonds is 4. The Hall–Kier alpha value is -3.99. The Balaban J connectivity index is 1.31. The van der Waals surface area contributed by atoms with E-state index in [1.165, 1.54) is 0 Å². The van der Waals surface area contributed by atoms with Crippen molar-refractivity contribution >= 4 is 82.2 Å². The van der Waals surface area contributed by atoms with Crippen LogP contribution in [0.4, 0.5) is 34.1 Å². The van der Waals surface area contributed by atoms with Gasteiger partial charge in [0.05, 0.1) is 11.4 Å². The molecule has 0 saturated carbocycles. The lowest BCUT2D eigenvalue weighted by molar-refractivity contribution is 1.42. The molecular formula is C30H22B2Cl2N4. The first-order valence-electron chi connectivity index (χ1n) is 12.6. The Bertz CT molecular complexity index is 1510. The molecule has 38 heavy (non-hydrogen) atoms. The van der Waals surface area contributed by atoms with Gasteiger partial charge in [-0.2, -0.15) is 0 Å². The van der Waals surface area contributed by atoms with E-state index in [1.54, 1.807) is 0 Å². The summed E-state index contributed by atoms with van der Waals surface area (Å²) in [6, 6.07) is 41.3. The molecule has 7 rings (SSSR count). The van der Waals surface area contributed by atoms with Gasteiger partial charge in [0.1, 0.15) is 0 Å². The minimum absolute atomic E-state index is 0.201. The zero-order valence-electron chi connectivity index (χ0n) is 20.4. The lowest BCUT2D eigenvalue weighted by Gasteiger charge is -2.27. The van der Waals surface area contributed by atoms with E-state index in [4.69, 9.17) is 23.2 Å². The predicted molar refractivity (Wildman–Crippen MR) is 165 cm³/mol. The average Bonchev–Trinajstić information content (AvgIpc) is 3.54. The number of para-hydroxylation sites is 6. The van der Waals surface area contributed by atoms with Crippen LogP contribution in [0.3, 0.4) is 0 Å². The molecule has 5 aromatic rings. The number of nitrogens with one attached hydrogen (secondary N) is 2. The predicted octanol–water partition coefficient (Wildman–Crippen LogP) is 6.91. The van der Waals surface area contributed by atoms with Gasteiger partial charge in [0.2, 0.25) is 0 Å². The van der Waals surface area contributed by atoms with Crippen molar-refractivity contribution in [3.05, 3.63) is 131 Å². The highest BCUT2D eigenvalue weighted by molar-refractivity contribution is 6.87. The van der Waals surface area contributed by atoms with E-state index >= 15 is 0 Å². The van der Waals surface area contributed by atoms with Crippen LogP contribution in [0.2, 0.25) is 10.0 Å². The molecule has 2 aliphatic heterocycles. The largest absolute Gasteiger partial charge is 0.415 e. The van der Waals surface area contributed by atoms with Crippen LogP contribution in [0.5, 0.6) is 0 Å². The molecule has 2 N–H and O–H groups in total. The smallest absolute Gasteiger partial charge is 0.403 e. The Kier molecular flexibility index (Phi) is 5.72. The van der Waals surface area contributed by atoms with Gasteiger partial charge in [-0.1, -0.05) is 83.9 Å². The molecule has 4 nitrogen and oxygen atoms in total. The Morgan fingerprint density at radius 3 is 1.26 bits per heavy atom. The lowest BCUT2D eigenvalue weighted by atomic mass is 9.62. The van der Waals surface area contributed by atoms with Crippen molar-refractivity contribution in [3.63, 3.8) is 0 Å². The second-order valence-electron chi connectivity index (χ2n) is 9.43. The fourth-order valence-corrected chi connectivity index (χ4v) is 6.05. The van der Waals surface area contributed by atoms with Crippen LogP contribution in [-0.2, 0) is 0 Å². The van der Waals surface area contributed by atoms with Gasteiger partial charge in [-0.05, 0) is 71.6 Å². The number of hydrogen-bond acceptors (Lipinski definition) is 4. The minimum Gasteiger partial charge on any atom is -0.403 e. The van der Waals surface area contributed by atoms with Gasteiger partial charge in [0, 0.05) is 32.8 Å². The van der Waals surface area contributed by atoms with E-state index < -0.39 is 0 Å².